The first-order chi connectivity index (χ1) is 28.9. The number of nitrogens with one attached hydrogen (secondary N) is 6. The second-order valence-electron chi connectivity index (χ2n) is 15.6. The molecular formula is C38H68N10O14. The van der Waals surface area contributed by atoms with Gasteiger partial charge in [0.1, 0.15) is 48.8 Å². The summed E-state index contributed by atoms with van der Waals surface area (Å²) in [6, 6.07) is -10.1. The van der Waals surface area contributed by atoms with Gasteiger partial charge in [0.05, 0.1) is 13.0 Å². The maximum Gasteiger partial charge on any atom is 0.326 e. The fourth-order valence-corrected chi connectivity index (χ4v) is 5.82. The molecule has 0 aliphatic rings. The molecule has 0 aromatic carbocycles. The second kappa shape index (κ2) is 29.0. The molecule has 0 aromatic heterocycles. The number of primary amides is 1. The van der Waals surface area contributed by atoms with Crippen molar-refractivity contribution in [2.45, 2.75) is 142 Å². The van der Waals surface area contributed by atoms with Crippen molar-refractivity contribution in [1.82, 2.24) is 37.0 Å². The van der Waals surface area contributed by atoms with Crippen molar-refractivity contribution in [3.63, 3.8) is 0 Å². The number of unbranched alkanes of at least 4 members (excludes halogenated alkanes) is 1. The van der Waals surface area contributed by atoms with Gasteiger partial charge < -0.3 is 64.4 Å². The quantitative estimate of drug-likeness (QED) is 0.0183. The van der Waals surface area contributed by atoms with Crippen LogP contribution in [0.5, 0.6) is 0 Å². The van der Waals surface area contributed by atoms with E-state index >= 15 is 0 Å². The minimum Gasteiger partial charge on any atom is -0.481 e. The van der Waals surface area contributed by atoms with Crippen LogP contribution in [0.1, 0.15) is 99.3 Å². The van der Waals surface area contributed by atoms with Gasteiger partial charge in [-0.3, -0.25) is 48.4 Å². The van der Waals surface area contributed by atoms with Gasteiger partial charge in [-0.1, -0.05) is 54.4 Å². The highest BCUT2D eigenvalue weighted by Crippen LogP contribution is 2.14. The van der Waals surface area contributed by atoms with Crippen LogP contribution in [-0.4, -0.2) is 147 Å². The third kappa shape index (κ3) is 20.9. The SMILES string of the molecule is CC[C@H](C)[C@H](NC(=O)[C@@H](NC(=O)[C@@H](N)CO)[C@@H](C)CC)C(=O)N[C@@H](CC(N)=O)C(=O)N(O)CC(=O)N[C@@H](CCC(=O)O)C(=O)N[C@@H](CCCCN)C(=O)N[C@@H](CC(C)C)C(=O)O. The Morgan fingerprint density at radius 2 is 1.13 bits per heavy atom. The number of carbonyl (C=O) groups excluding carboxylic acids is 8. The molecule has 9 atom stereocenters. The summed E-state index contributed by atoms with van der Waals surface area (Å²) in [5.41, 5.74) is 16.5. The summed E-state index contributed by atoms with van der Waals surface area (Å²) in [5, 5.41) is 53.0. The Labute approximate surface area is 360 Å². The van der Waals surface area contributed by atoms with E-state index in [1.54, 1.807) is 41.5 Å². The lowest BCUT2D eigenvalue weighted by Gasteiger charge is -2.30. The zero-order valence-corrected chi connectivity index (χ0v) is 36.3. The number of amides is 8. The molecule has 0 aliphatic carbocycles. The Bertz CT molecular complexity index is 1550. The number of nitrogens with two attached hydrogens (primary N) is 3. The highest BCUT2D eigenvalue weighted by Gasteiger charge is 2.37. The van der Waals surface area contributed by atoms with Gasteiger partial charge in [-0.15, -0.1) is 0 Å². The molecular weight excluding hydrogens is 820 g/mol. The number of carbonyl (C=O) groups is 10. The number of carboxylic acids is 2. The van der Waals surface area contributed by atoms with Crippen molar-refractivity contribution < 1.29 is 68.5 Å². The van der Waals surface area contributed by atoms with Crippen LogP contribution in [0, 0.1) is 17.8 Å². The van der Waals surface area contributed by atoms with E-state index in [0.717, 1.165) is 0 Å². The summed E-state index contributed by atoms with van der Waals surface area (Å²) in [4.78, 5) is 128. The number of hydrogen-bond acceptors (Lipinski definition) is 14. The van der Waals surface area contributed by atoms with E-state index in [0.29, 0.717) is 25.7 Å². The first-order valence-corrected chi connectivity index (χ1v) is 20.5. The number of aliphatic hydroxyl groups excluding tert-OH is 1. The van der Waals surface area contributed by atoms with Crippen LogP contribution in [-0.2, 0) is 47.9 Å². The summed E-state index contributed by atoms with van der Waals surface area (Å²) >= 11 is 0. The Balaban J connectivity index is 6.29. The van der Waals surface area contributed by atoms with Crippen molar-refractivity contribution in [1.29, 1.82) is 0 Å². The molecule has 354 valence electrons. The smallest absolute Gasteiger partial charge is 0.326 e. The van der Waals surface area contributed by atoms with E-state index in [2.05, 4.69) is 31.9 Å². The number of hydrogen-bond donors (Lipinski definition) is 13. The first-order valence-electron chi connectivity index (χ1n) is 20.5. The van der Waals surface area contributed by atoms with Crippen LogP contribution in [0.25, 0.3) is 0 Å². The number of rotatable bonds is 31. The van der Waals surface area contributed by atoms with E-state index in [9.17, 15) is 68.5 Å². The molecule has 16 N–H and O–H groups in total. The minimum atomic E-state index is -1.90. The zero-order valence-electron chi connectivity index (χ0n) is 36.3. The molecule has 0 saturated carbocycles. The van der Waals surface area contributed by atoms with Gasteiger partial charge >= 0.3 is 11.9 Å². The van der Waals surface area contributed by atoms with Crippen LogP contribution in [0.3, 0.4) is 0 Å². The van der Waals surface area contributed by atoms with Crippen molar-refractivity contribution in [3.05, 3.63) is 0 Å². The molecule has 0 aliphatic heterocycles. The van der Waals surface area contributed by atoms with Gasteiger partial charge in [0.2, 0.25) is 41.4 Å². The molecule has 0 unspecified atom stereocenters. The van der Waals surface area contributed by atoms with Crippen LogP contribution in [0.15, 0.2) is 0 Å². The summed E-state index contributed by atoms with van der Waals surface area (Å²) in [5.74, 6) is -12.3. The molecule has 0 saturated heterocycles. The van der Waals surface area contributed by atoms with Crippen LogP contribution in [0.2, 0.25) is 0 Å². The predicted octanol–water partition coefficient (Wildman–Crippen LogP) is -3.48. The summed E-state index contributed by atoms with van der Waals surface area (Å²) in [6.45, 7) is 8.46. The van der Waals surface area contributed by atoms with E-state index in [4.69, 9.17) is 17.2 Å². The van der Waals surface area contributed by atoms with Crippen LogP contribution < -0.4 is 49.1 Å². The zero-order chi connectivity index (χ0) is 47.9. The number of hydroxylamine groups is 2. The van der Waals surface area contributed by atoms with E-state index < -0.39 is 146 Å². The minimum absolute atomic E-state index is 0.00973. The number of aliphatic carboxylic acids is 2. The monoisotopic (exact) mass is 888 g/mol. The summed E-state index contributed by atoms with van der Waals surface area (Å²) in [7, 11) is 0. The highest BCUT2D eigenvalue weighted by molar-refractivity contribution is 5.98. The second-order valence-corrected chi connectivity index (χ2v) is 15.6. The fourth-order valence-electron chi connectivity index (χ4n) is 5.82. The molecule has 0 spiro atoms. The molecule has 24 heteroatoms. The standard InChI is InChI=1S/C38H68N10O14/c1-7-20(5)30(47-36(58)31(21(6)8-2)46-32(54)22(40)18-49)35(57)44-25(16-27(41)50)37(59)48(62)17-28(51)42-24(12-13-29(52)53)34(56)43-23(11-9-10-14-39)33(55)45-26(38(60)61)15-19(3)4/h19-26,30-31,49,62H,7-18,39-40H2,1-6H3,(H2,41,50)(H,42,51)(H,43,56)(H,44,57)(H,45,55)(H,46,54)(H,47,58)(H,52,53)(H,60,61)/t20-,21-,22-,23-,24-,25-,26-,30-,31-/m0/s1. The first kappa shape index (κ1) is 56.5. The van der Waals surface area contributed by atoms with Crippen LogP contribution >= 0.6 is 0 Å². The van der Waals surface area contributed by atoms with Crippen LogP contribution in [0.4, 0.5) is 0 Å². The van der Waals surface area contributed by atoms with E-state index in [1.807, 2.05) is 0 Å². The Kier molecular flexibility index (Phi) is 26.4. The Morgan fingerprint density at radius 3 is 1.58 bits per heavy atom. The van der Waals surface area contributed by atoms with Gasteiger partial charge in [-0.2, -0.15) is 0 Å². The number of carboxylic acid groups (broad SMARTS) is 2. The fraction of sp³-hybridized carbons (Fsp3) is 0.737. The average molecular weight is 889 g/mol. The molecule has 24 nitrogen and oxygen atoms in total. The largest absolute Gasteiger partial charge is 0.481 e. The van der Waals surface area contributed by atoms with Crippen molar-refractivity contribution in [2.75, 3.05) is 19.7 Å². The molecule has 8 amide bonds. The number of aliphatic hydroxyl groups is 1. The lowest BCUT2D eigenvalue weighted by Crippen LogP contribution is -2.61. The lowest BCUT2D eigenvalue weighted by molar-refractivity contribution is -0.172. The highest BCUT2D eigenvalue weighted by atomic mass is 16.5. The number of nitrogens with zero attached hydrogens (tertiary/aromatic N) is 1. The predicted molar refractivity (Wildman–Crippen MR) is 220 cm³/mol. The van der Waals surface area contributed by atoms with Gasteiger partial charge in [0.25, 0.3) is 5.91 Å². The molecule has 0 aromatic rings. The van der Waals surface area contributed by atoms with Crippen molar-refractivity contribution in [3.8, 4) is 0 Å². The summed E-state index contributed by atoms with van der Waals surface area (Å²) in [6.07, 6.45) is -0.601. The molecule has 0 fully saturated rings. The molecule has 0 heterocycles. The van der Waals surface area contributed by atoms with Gasteiger partial charge in [0.15, 0.2) is 0 Å². The Hall–Kier alpha value is -5.46. The molecule has 62 heavy (non-hydrogen) atoms. The molecule has 0 bridgehead atoms. The van der Waals surface area contributed by atoms with E-state index in [-0.39, 0.29) is 30.4 Å². The summed E-state index contributed by atoms with van der Waals surface area (Å²) < 4.78 is 0. The third-order valence-corrected chi connectivity index (χ3v) is 9.89. The Morgan fingerprint density at radius 1 is 0.645 bits per heavy atom. The van der Waals surface area contributed by atoms with E-state index in [1.165, 1.54) is 0 Å². The van der Waals surface area contributed by atoms with Gasteiger partial charge in [-0.25, -0.2) is 9.86 Å². The molecule has 0 rings (SSSR count). The lowest BCUT2D eigenvalue weighted by atomic mass is 9.94. The molecule has 0 radical (unpaired) electrons. The topological polar surface area (TPSA) is 405 Å². The third-order valence-electron chi connectivity index (χ3n) is 9.89. The maximum atomic E-state index is 13.7. The van der Waals surface area contributed by atoms with Gasteiger partial charge in [0, 0.05) is 6.42 Å². The van der Waals surface area contributed by atoms with Gasteiger partial charge in [-0.05, 0) is 56.4 Å². The normalized spacial score (nSPS) is 15.5. The maximum absolute atomic E-state index is 13.7. The van der Waals surface area contributed by atoms with Crippen molar-refractivity contribution >= 4 is 59.2 Å². The average Bonchev–Trinajstić information content (AvgIpc) is 3.20. The van der Waals surface area contributed by atoms with Crippen molar-refractivity contribution in [2.24, 2.45) is 35.0 Å².